The molecule has 0 aliphatic carbocycles. The van der Waals surface area contributed by atoms with Gasteiger partial charge in [-0.25, -0.2) is 9.59 Å². The van der Waals surface area contributed by atoms with E-state index in [0.717, 1.165) is 0 Å². The van der Waals surface area contributed by atoms with Gasteiger partial charge in [-0.05, 0) is 74.1 Å². The maximum absolute atomic E-state index is 12.6. The monoisotopic (exact) mass is 470 g/mol. The fourth-order valence-electron chi connectivity index (χ4n) is 2.47. The first-order chi connectivity index (χ1) is 15.1. The third kappa shape index (κ3) is 17.5. The van der Waals surface area contributed by atoms with Crippen LogP contribution in [0.4, 0.5) is 9.59 Å². The Balaban J connectivity index is 4.57. The molecule has 0 saturated carbocycles. The second-order valence-electron chi connectivity index (χ2n) is 9.80. The Hall–Kier alpha value is -2.78. The molecule has 0 aromatic carbocycles. The zero-order valence-electron chi connectivity index (χ0n) is 21.2. The van der Waals surface area contributed by atoms with Crippen LogP contribution in [0.1, 0.15) is 74.1 Å². The summed E-state index contributed by atoms with van der Waals surface area (Å²) in [5.41, 5.74) is -0.844. The lowest BCUT2D eigenvalue weighted by atomic mass is 10.1. The predicted octanol–water partition coefficient (Wildman–Crippen LogP) is 2.77. The lowest BCUT2D eigenvalue weighted by Gasteiger charge is -2.23. The van der Waals surface area contributed by atoms with Crippen LogP contribution in [0.25, 0.3) is 0 Å². The summed E-state index contributed by atoms with van der Waals surface area (Å²) in [5, 5.41) is 10.7. The van der Waals surface area contributed by atoms with Gasteiger partial charge in [-0.3, -0.25) is 9.59 Å². The first-order valence-electron chi connectivity index (χ1n) is 11.3. The van der Waals surface area contributed by atoms with Crippen molar-refractivity contribution in [3.05, 3.63) is 12.2 Å². The molecule has 0 saturated heterocycles. The highest BCUT2D eigenvalue weighted by molar-refractivity contribution is 5.92. The Morgan fingerprint density at radius 2 is 1.27 bits per heavy atom. The molecular weight excluding hydrogens is 428 g/mol. The predicted molar refractivity (Wildman–Crippen MR) is 127 cm³/mol. The molecular formula is C23H42N4O6. The highest BCUT2D eigenvalue weighted by atomic mass is 16.6. The van der Waals surface area contributed by atoms with Crippen LogP contribution < -0.4 is 21.3 Å². The average Bonchev–Trinajstić information content (AvgIpc) is 2.63. The minimum absolute atomic E-state index is 0.231. The fourth-order valence-corrected chi connectivity index (χ4v) is 2.47. The molecule has 0 aromatic rings. The number of carbonyl (C=O) groups excluding carboxylic acids is 4. The van der Waals surface area contributed by atoms with Gasteiger partial charge < -0.3 is 30.7 Å². The number of carbonyl (C=O) groups is 4. The van der Waals surface area contributed by atoms with Gasteiger partial charge in [0.05, 0.1) is 0 Å². The summed E-state index contributed by atoms with van der Waals surface area (Å²) in [5.74, 6) is -0.571. The summed E-state index contributed by atoms with van der Waals surface area (Å²) < 4.78 is 10.4. The molecule has 0 spiro atoms. The van der Waals surface area contributed by atoms with Crippen molar-refractivity contribution < 1.29 is 28.7 Å². The fraction of sp³-hybridized carbons (Fsp3) is 0.739. The van der Waals surface area contributed by atoms with Gasteiger partial charge in [0.2, 0.25) is 11.8 Å². The number of unbranched alkanes of at least 4 members (excludes halogenated alkanes) is 1. The highest BCUT2D eigenvalue weighted by Gasteiger charge is 2.24. The Morgan fingerprint density at radius 1 is 0.758 bits per heavy atom. The first-order valence-corrected chi connectivity index (χ1v) is 11.3. The molecule has 4 N–H and O–H groups in total. The van der Waals surface area contributed by atoms with Crippen molar-refractivity contribution >= 4 is 24.0 Å². The van der Waals surface area contributed by atoms with Gasteiger partial charge in [0.15, 0.2) is 0 Å². The van der Waals surface area contributed by atoms with E-state index >= 15 is 0 Å². The van der Waals surface area contributed by atoms with Gasteiger partial charge in [-0.2, -0.15) is 0 Å². The number of rotatable bonds is 12. The molecule has 4 amide bonds. The van der Waals surface area contributed by atoms with Crippen molar-refractivity contribution in [3.63, 3.8) is 0 Å². The van der Waals surface area contributed by atoms with Crippen LogP contribution in [-0.4, -0.2) is 60.9 Å². The standard InChI is InChI=1S/C23H42N4O6/c1-16(2)18(28)24-14-11-15-25-19(29)17(27-21(31)33-23(6,7)8)12-9-10-13-26-20(30)32-22(3,4)5/h17H,1,9-15H2,2-8H3,(H,24,28)(H,25,29)(H,26,30)(H,27,31). The van der Waals surface area contributed by atoms with Gasteiger partial charge in [-0.1, -0.05) is 6.58 Å². The smallest absolute Gasteiger partial charge is 0.408 e. The van der Waals surface area contributed by atoms with E-state index in [4.69, 9.17) is 9.47 Å². The van der Waals surface area contributed by atoms with Gasteiger partial charge in [0.25, 0.3) is 0 Å². The van der Waals surface area contributed by atoms with Crippen LogP contribution >= 0.6 is 0 Å². The zero-order valence-corrected chi connectivity index (χ0v) is 21.2. The van der Waals surface area contributed by atoms with E-state index in [1.54, 1.807) is 48.5 Å². The second-order valence-corrected chi connectivity index (χ2v) is 9.80. The van der Waals surface area contributed by atoms with Crippen molar-refractivity contribution in [1.82, 2.24) is 21.3 Å². The number of nitrogens with one attached hydrogen (secondary N) is 4. The van der Waals surface area contributed by atoms with Gasteiger partial charge in [0.1, 0.15) is 17.2 Å². The van der Waals surface area contributed by atoms with E-state index in [1.807, 2.05) is 0 Å². The van der Waals surface area contributed by atoms with Crippen LogP contribution in [0.5, 0.6) is 0 Å². The summed E-state index contributed by atoms with van der Waals surface area (Å²) in [6, 6.07) is -0.786. The number of hydrogen-bond donors (Lipinski definition) is 4. The second kappa shape index (κ2) is 14.4. The number of alkyl carbamates (subject to hydrolysis) is 2. The lowest BCUT2D eigenvalue weighted by molar-refractivity contribution is -0.123. The Kier molecular flexibility index (Phi) is 13.2. The Bertz CT molecular complexity index is 679. The van der Waals surface area contributed by atoms with Crippen molar-refractivity contribution in [2.24, 2.45) is 0 Å². The van der Waals surface area contributed by atoms with Gasteiger partial charge in [-0.15, -0.1) is 0 Å². The van der Waals surface area contributed by atoms with E-state index in [1.165, 1.54) is 0 Å². The SMILES string of the molecule is C=C(C)C(=O)NCCCNC(=O)C(CCCCNC(=O)OC(C)(C)C)NC(=O)OC(C)(C)C. The molecule has 0 heterocycles. The molecule has 0 fully saturated rings. The van der Waals surface area contributed by atoms with E-state index in [0.29, 0.717) is 50.9 Å². The molecule has 190 valence electrons. The lowest BCUT2D eigenvalue weighted by Crippen LogP contribution is -2.48. The zero-order chi connectivity index (χ0) is 25.7. The van der Waals surface area contributed by atoms with E-state index < -0.39 is 29.4 Å². The quantitative estimate of drug-likeness (QED) is 0.256. The maximum Gasteiger partial charge on any atom is 0.408 e. The van der Waals surface area contributed by atoms with E-state index in [9.17, 15) is 19.2 Å². The number of hydrogen-bond acceptors (Lipinski definition) is 6. The molecule has 10 nitrogen and oxygen atoms in total. The van der Waals surface area contributed by atoms with Crippen molar-refractivity contribution in [2.45, 2.75) is 91.4 Å². The molecule has 1 atom stereocenters. The van der Waals surface area contributed by atoms with Crippen LogP contribution in [0, 0.1) is 0 Å². The molecule has 1 unspecified atom stereocenters. The summed E-state index contributed by atoms with van der Waals surface area (Å²) in [6.45, 7) is 16.9. The molecule has 0 bridgehead atoms. The average molecular weight is 471 g/mol. The maximum atomic E-state index is 12.6. The molecule has 0 radical (unpaired) electrons. The largest absolute Gasteiger partial charge is 0.444 e. The van der Waals surface area contributed by atoms with Crippen LogP contribution in [0.3, 0.4) is 0 Å². The summed E-state index contributed by atoms with van der Waals surface area (Å²) >= 11 is 0. The molecule has 0 rings (SSSR count). The van der Waals surface area contributed by atoms with Crippen LogP contribution in [-0.2, 0) is 19.1 Å². The van der Waals surface area contributed by atoms with E-state index in [-0.39, 0.29) is 11.8 Å². The molecule has 0 aliphatic heterocycles. The van der Waals surface area contributed by atoms with Gasteiger partial charge >= 0.3 is 12.2 Å². The summed E-state index contributed by atoms with van der Waals surface area (Å²) in [6.07, 6.45) is 0.910. The minimum Gasteiger partial charge on any atom is -0.444 e. The minimum atomic E-state index is -0.786. The summed E-state index contributed by atoms with van der Waals surface area (Å²) in [7, 11) is 0. The normalized spacial score (nSPS) is 12.2. The van der Waals surface area contributed by atoms with Crippen molar-refractivity contribution in [1.29, 1.82) is 0 Å². The number of ether oxygens (including phenoxy) is 2. The topological polar surface area (TPSA) is 135 Å². The highest BCUT2D eigenvalue weighted by Crippen LogP contribution is 2.09. The summed E-state index contributed by atoms with van der Waals surface area (Å²) in [4.78, 5) is 47.9. The number of amides is 4. The van der Waals surface area contributed by atoms with Crippen LogP contribution in [0.2, 0.25) is 0 Å². The molecule has 0 aliphatic rings. The Labute approximate surface area is 197 Å². The van der Waals surface area contributed by atoms with Crippen molar-refractivity contribution in [2.75, 3.05) is 19.6 Å². The van der Waals surface area contributed by atoms with E-state index in [2.05, 4.69) is 27.8 Å². The first kappa shape index (κ1) is 30.2. The molecule has 0 aromatic heterocycles. The third-order valence-corrected chi connectivity index (χ3v) is 3.92. The van der Waals surface area contributed by atoms with Gasteiger partial charge in [0, 0.05) is 25.2 Å². The molecule has 33 heavy (non-hydrogen) atoms. The Morgan fingerprint density at radius 3 is 1.82 bits per heavy atom. The van der Waals surface area contributed by atoms with Crippen molar-refractivity contribution in [3.8, 4) is 0 Å². The van der Waals surface area contributed by atoms with Crippen LogP contribution in [0.15, 0.2) is 12.2 Å². The third-order valence-electron chi connectivity index (χ3n) is 3.92. The molecule has 10 heteroatoms.